The van der Waals surface area contributed by atoms with Crippen molar-refractivity contribution in [1.82, 2.24) is 9.13 Å². The molecular formula is C67H45F3N4. The highest BCUT2D eigenvalue weighted by atomic mass is 19.4. The Morgan fingerprint density at radius 2 is 0.689 bits per heavy atom. The quantitative estimate of drug-likeness (QED) is 0.160. The van der Waals surface area contributed by atoms with Crippen LogP contribution in [0.3, 0.4) is 0 Å². The van der Waals surface area contributed by atoms with Crippen molar-refractivity contribution >= 4 is 43.6 Å². The van der Waals surface area contributed by atoms with E-state index in [0.717, 1.165) is 123 Å². The first-order valence-corrected chi connectivity index (χ1v) is 24.5. The van der Waals surface area contributed by atoms with E-state index >= 15 is 0 Å². The van der Waals surface area contributed by atoms with E-state index in [4.69, 9.17) is 0 Å². The maximum Gasteiger partial charge on any atom is 0.416 e. The summed E-state index contributed by atoms with van der Waals surface area (Å²) in [6.45, 7) is 8.25. The van der Waals surface area contributed by atoms with Gasteiger partial charge in [-0.3, -0.25) is 0 Å². The number of nitriles is 2. The highest BCUT2D eigenvalue weighted by molar-refractivity contribution is 6.13. The molecule has 0 spiro atoms. The summed E-state index contributed by atoms with van der Waals surface area (Å²) in [6.07, 6.45) is -4.69. The van der Waals surface area contributed by atoms with Gasteiger partial charge in [-0.1, -0.05) is 174 Å². The zero-order valence-corrected chi connectivity index (χ0v) is 41.0. The molecule has 2 heterocycles. The second kappa shape index (κ2) is 17.7. The normalized spacial score (nSPS) is 11.7. The third-order valence-electron chi connectivity index (χ3n) is 14.4. The maximum atomic E-state index is 14.5. The molecule has 12 aromatic rings. The summed E-state index contributed by atoms with van der Waals surface area (Å²) in [6, 6.07) is 70.7. The molecule has 7 heteroatoms. The highest BCUT2D eigenvalue weighted by Crippen LogP contribution is 2.45. The van der Waals surface area contributed by atoms with Gasteiger partial charge >= 0.3 is 6.18 Å². The van der Waals surface area contributed by atoms with Crippen molar-refractivity contribution in [3.8, 4) is 79.1 Å². The lowest BCUT2D eigenvalue weighted by atomic mass is 9.94. The number of alkyl halides is 3. The number of nitrogens with zero attached hydrogens (tertiary/aromatic N) is 4. The molecule has 0 aliphatic rings. The fraction of sp³-hybridized carbons (Fsp3) is 0.0746. The van der Waals surface area contributed by atoms with Crippen LogP contribution < -0.4 is 0 Å². The van der Waals surface area contributed by atoms with Gasteiger partial charge in [-0.2, -0.15) is 23.7 Å². The lowest BCUT2D eigenvalue weighted by Crippen LogP contribution is -2.07. The van der Waals surface area contributed by atoms with Crippen molar-refractivity contribution in [3.05, 3.63) is 239 Å². The molecule has 0 saturated heterocycles. The van der Waals surface area contributed by atoms with E-state index in [0.29, 0.717) is 28.1 Å². The molecule has 0 bridgehead atoms. The zero-order valence-electron chi connectivity index (χ0n) is 41.0. The molecule has 0 amide bonds. The minimum atomic E-state index is -4.69. The molecule has 0 atom stereocenters. The number of aryl methyl sites for hydroxylation is 4. The maximum absolute atomic E-state index is 14.5. The van der Waals surface area contributed by atoms with E-state index in [1.807, 2.05) is 36.4 Å². The van der Waals surface area contributed by atoms with Crippen molar-refractivity contribution in [1.29, 1.82) is 10.5 Å². The number of hydrogen-bond acceptors (Lipinski definition) is 2. The van der Waals surface area contributed by atoms with E-state index < -0.39 is 11.7 Å². The average Bonchev–Trinajstić information content (AvgIpc) is 3.92. The van der Waals surface area contributed by atoms with Gasteiger partial charge in [-0.05, 0) is 121 Å². The molecule has 0 aliphatic heterocycles. The Bertz CT molecular complexity index is 4180. The van der Waals surface area contributed by atoms with Gasteiger partial charge in [0, 0.05) is 32.7 Å². The Kier molecular flexibility index (Phi) is 10.9. The van der Waals surface area contributed by atoms with Crippen molar-refractivity contribution in [2.75, 3.05) is 0 Å². The lowest BCUT2D eigenvalue weighted by molar-refractivity contribution is -0.137. The Balaban J connectivity index is 1.23. The Hall–Kier alpha value is -9.43. The predicted molar refractivity (Wildman–Crippen MR) is 296 cm³/mol. The first-order valence-electron chi connectivity index (χ1n) is 24.5. The summed E-state index contributed by atoms with van der Waals surface area (Å²) in [5, 5.41) is 26.3. The van der Waals surface area contributed by atoms with Crippen LogP contribution in [0, 0.1) is 50.4 Å². The predicted octanol–water partition coefficient (Wildman–Crippen LogP) is 18.2. The van der Waals surface area contributed by atoms with Gasteiger partial charge in [-0.15, -0.1) is 0 Å². The molecule has 4 nitrogen and oxygen atoms in total. The smallest absolute Gasteiger partial charge is 0.309 e. The lowest BCUT2D eigenvalue weighted by Gasteiger charge is -2.20. The highest BCUT2D eigenvalue weighted by Gasteiger charge is 2.32. The number of rotatable bonds is 7. The third kappa shape index (κ3) is 7.87. The molecular weight excluding hydrogens is 918 g/mol. The van der Waals surface area contributed by atoms with Gasteiger partial charge < -0.3 is 9.13 Å². The largest absolute Gasteiger partial charge is 0.416 e. The number of fused-ring (bicyclic) bond motifs is 6. The minimum Gasteiger partial charge on any atom is -0.309 e. The van der Waals surface area contributed by atoms with E-state index in [1.54, 1.807) is 0 Å². The van der Waals surface area contributed by atoms with E-state index in [-0.39, 0.29) is 5.56 Å². The standard InChI is InChI=1S/C67H45F3N4/c1-40-9-5-13-44(27-40)48-17-22-56-57-23-18-49(45-14-6-10-41(2)28-45)33-63(57)73(62(56)32-48)61-37-60(55-26-21-54(67(68,69)70)31-52(55)38-71)66(36-53(61)39-72)74-64-34-50(46-15-7-11-42(3)29-46)19-24-58(64)59-25-20-51(35-65(59)74)47-16-8-12-43(4)30-47/h5-37H,1-4H3. The Morgan fingerprint density at radius 3 is 1.03 bits per heavy atom. The van der Waals surface area contributed by atoms with Gasteiger partial charge in [0.25, 0.3) is 0 Å². The summed E-state index contributed by atoms with van der Waals surface area (Å²) < 4.78 is 47.9. The van der Waals surface area contributed by atoms with Crippen LogP contribution in [0.5, 0.6) is 0 Å². The van der Waals surface area contributed by atoms with E-state index in [9.17, 15) is 23.7 Å². The molecule has 12 rings (SSSR count). The number of halogens is 3. The van der Waals surface area contributed by atoms with Gasteiger partial charge in [0.2, 0.25) is 0 Å². The van der Waals surface area contributed by atoms with Crippen molar-refractivity contribution in [2.45, 2.75) is 33.9 Å². The second-order valence-corrected chi connectivity index (χ2v) is 19.4. The fourth-order valence-electron chi connectivity index (χ4n) is 10.9. The van der Waals surface area contributed by atoms with Crippen LogP contribution in [-0.2, 0) is 6.18 Å². The summed E-state index contributed by atoms with van der Waals surface area (Å²) in [5.41, 5.74) is 16.8. The van der Waals surface area contributed by atoms with Crippen molar-refractivity contribution in [3.63, 3.8) is 0 Å². The molecule has 354 valence electrons. The van der Waals surface area contributed by atoms with Crippen LogP contribution in [0.2, 0.25) is 0 Å². The fourth-order valence-corrected chi connectivity index (χ4v) is 10.9. The van der Waals surface area contributed by atoms with Crippen molar-refractivity contribution < 1.29 is 13.2 Å². The van der Waals surface area contributed by atoms with Crippen LogP contribution in [0.25, 0.3) is 111 Å². The first kappa shape index (κ1) is 45.7. The van der Waals surface area contributed by atoms with E-state index in [1.165, 1.54) is 6.07 Å². The summed E-state index contributed by atoms with van der Waals surface area (Å²) >= 11 is 0. The number of hydrogen-bond donors (Lipinski definition) is 0. The van der Waals surface area contributed by atoms with Crippen LogP contribution in [0.15, 0.2) is 200 Å². The Morgan fingerprint density at radius 1 is 0.338 bits per heavy atom. The first-order chi connectivity index (χ1) is 35.8. The molecule has 0 saturated carbocycles. The summed E-state index contributed by atoms with van der Waals surface area (Å²) in [5.74, 6) is 0. The van der Waals surface area contributed by atoms with Crippen molar-refractivity contribution in [2.24, 2.45) is 0 Å². The zero-order chi connectivity index (χ0) is 51.0. The van der Waals surface area contributed by atoms with E-state index in [2.05, 4.69) is 195 Å². The number of aromatic nitrogens is 2. The third-order valence-corrected chi connectivity index (χ3v) is 14.4. The van der Waals surface area contributed by atoms with Crippen LogP contribution >= 0.6 is 0 Å². The van der Waals surface area contributed by atoms with Gasteiger partial charge in [0.15, 0.2) is 0 Å². The SMILES string of the molecule is Cc1cccc(-c2ccc3c4ccc(-c5cccc(C)c5)cc4n(-c4cc(-c5ccc(C(F)(F)F)cc5C#N)c(-n5c6cc(-c7cccc(C)c7)ccc6c6ccc(-c7cccc(C)c7)cc65)cc4C#N)c3c2)c1. The molecule has 74 heavy (non-hydrogen) atoms. The van der Waals surface area contributed by atoms with Gasteiger partial charge in [-0.25, -0.2) is 0 Å². The molecule has 0 radical (unpaired) electrons. The number of benzene rings is 10. The average molecular weight is 963 g/mol. The van der Waals surface area contributed by atoms with Crippen LogP contribution in [0.4, 0.5) is 13.2 Å². The minimum absolute atomic E-state index is 0.149. The summed E-state index contributed by atoms with van der Waals surface area (Å²) in [4.78, 5) is 0. The summed E-state index contributed by atoms with van der Waals surface area (Å²) in [7, 11) is 0. The molecule has 2 aromatic heterocycles. The molecule has 0 fully saturated rings. The van der Waals surface area contributed by atoms with Crippen LogP contribution in [-0.4, -0.2) is 9.13 Å². The molecule has 0 unspecified atom stereocenters. The topological polar surface area (TPSA) is 57.4 Å². The molecule has 0 aliphatic carbocycles. The molecule has 10 aromatic carbocycles. The monoisotopic (exact) mass is 962 g/mol. The molecule has 0 N–H and O–H groups in total. The van der Waals surface area contributed by atoms with Gasteiger partial charge in [0.1, 0.15) is 6.07 Å². The Labute approximate surface area is 426 Å². The van der Waals surface area contributed by atoms with Gasteiger partial charge in [0.05, 0.1) is 56.2 Å². The van der Waals surface area contributed by atoms with Crippen LogP contribution in [0.1, 0.15) is 38.9 Å². The second-order valence-electron chi connectivity index (χ2n) is 19.4.